The van der Waals surface area contributed by atoms with E-state index in [9.17, 15) is 9.18 Å². The Morgan fingerprint density at radius 1 is 1.29 bits per heavy atom. The van der Waals surface area contributed by atoms with Crippen molar-refractivity contribution in [2.75, 3.05) is 18.0 Å². The molecule has 0 heterocycles. The minimum absolute atomic E-state index is 0.160. The van der Waals surface area contributed by atoms with E-state index in [-0.39, 0.29) is 5.56 Å². The van der Waals surface area contributed by atoms with Gasteiger partial charge in [0, 0.05) is 13.1 Å². The molecule has 3 nitrogen and oxygen atoms in total. The second kappa shape index (κ2) is 6.23. The van der Waals surface area contributed by atoms with Crippen LogP contribution in [-0.4, -0.2) is 24.2 Å². The second-order valence-electron chi connectivity index (χ2n) is 3.95. The average molecular weight is 239 g/mol. The van der Waals surface area contributed by atoms with Gasteiger partial charge < -0.3 is 10.0 Å². The summed E-state index contributed by atoms with van der Waals surface area (Å²) in [7, 11) is 0. The van der Waals surface area contributed by atoms with Gasteiger partial charge in [-0.05, 0) is 31.0 Å². The molecule has 0 aliphatic heterocycles. The van der Waals surface area contributed by atoms with Crippen LogP contribution in [0.2, 0.25) is 0 Å². The molecule has 1 rings (SSSR count). The summed E-state index contributed by atoms with van der Waals surface area (Å²) in [5, 5.41) is 9.09. The molecule has 0 amide bonds. The van der Waals surface area contributed by atoms with Crippen molar-refractivity contribution in [1.29, 1.82) is 0 Å². The fourth-order valence-corrected chi connectivity index (χ4v) is 1.84. The van der Waals surface area contributed by atoms with Crippen molar-refractivity contribution in [3.8, 4) is 0 Å². The van der Waals surface area contributed by atoms with Crippen LogP contribution < -0.4 is 4.90 Å². The molecular formula is C13H18FNO2. The predicted octanol–water partition coefficient (Wildman–Crippen LogP) is 3.15. The van der Waals surface area contributed by atoms with Gasteiger partial charge in [0.2, 0.25) is 0 Å². The van der Waals surface area contributed by atoms with Gasteiger partial charge in [0.15, 0.2) is 0 Å². The summed E-state index contributed by atoms with van der Waals surface area (Å²) in [6.07, 6.45) is 1.80. The summed E-state index contributed by atoms with van der Waals surface area (Å²) in [5.74, 6) is -1.42. The zero-order valence-electron chi connectivity index (χ0n) is 10.2. The smallest absolute Gasteiger partial charge is 0.337 e. The molecule has 17 heavy (non-hydrogen) atoms. The summed E-state index contributed by atoms with van der Waals surface area (Å²) in [6.45, 7) is 5.50. The summed E-state index contributed by atoms with van der Waals surface area (Å²) >= 11 is 0. The molecule has 0 radical (unpaired) electrons. The van der Waals surface area contributed by atoms with Gasteiger partial charge in [-0.3, -0.25) is 0 Å². The van der Waals surface area contributed by atoms with Crippen LogP contribution in [-0.2, 0) is 0 Å². The van der Waals surface area contributed by atoms with Gasteiger partial charge in [0.1, 0.15) is 5.82 Å². The van der Waals surface area contributed by atoms with E-state index in [1.54, 1.807) is 0 Å². The lowest BCUT2D eigenvalue weighted by Crippen LogP contribution is -2.26. The number of nitrogens with zero attached hydrogens (tertiary/aromatic N) is 1. The molecule has 0 saturated carbocycles. The molecule has 0 spiro atoms. The highest BCUT2D eigenvalue weighted by Gasteiger charge is 2.15. The van der Waals surface area contributed by atoms with Crippen LogP contribution in [0.3, 0.4) is 0 Å². The van der Waals surface area contributed by atoms with Crippen molar-refractivity contribution >= 4 is 11.7 Å². The summed E-state index contributed by atoms with van der Waals surface area (Å²) in [6, 6.07) is 3.81. The summed E-state index contributed by atoms with van der Waals surface area (Å²) < 4.78 is 13.2. The van der Waals surface area contributed by atoms with Gasteiger partial charge in [0.05, 0.1) is 11.3 Å². The van der Waals surface area contributed by atoms with Crippen molar-refractivity contribution in [1.82, 2.24) is 0 Å². The topological polar surface area (TPSA) is 40.5 Å². The third-order valence-electron chi connectivity index (χ3n) is 2.52. The Labute approximate surface area is 101 Å². The van der Waals surface area contributed by atoms with Gasteiger partial charge >= 0.3 is 5.97 Å². The van der Waals surface area contributed by atoms with Gasteiger partial charge in [-0.2, -0.15) is 0 Å². The van der Waals surface area contributed by atoms with Crippen molar-refractivity contribution in [3.63, 3.8) is 0 Å². The molecular weight excluding hydrogens is 221 g/mol. The number of carboxylic acids is 1. The molecule has 0 bridgehead atoms. The lowest BCUT2D eigenvalue weighted by atomic mass is 10.1. The van der Waals surface area contributed by atoms with Crippen LogP contribution >= 0.6 is 0 Å². The van der Waals surface area contributed by atoms with Crippen LogP contribution in [0, 0.1) is 5.82 Å². The predicted molar refractivity (Wildman–Crippen MR) is 66.2 cm³/mol. The van der Waals surface area contributed by atoms with Crippen molar-refractivity contribution < 1.29 is 14.3 Å². The molecule has 0 unspecified atom stereocenters. The number of halogens is 1. The standard InChI is InChI=1S/C13H18FNO2/c1-3-7-15(8-4-2)12-9-10(14)5-6-11(12)13(16)17/h5-6,9H,3-4,7-8H2,1-2H3,(H,16,17). The molecule has 0 aliphatic rings. The fraction of sp³-hybridized carbons (Fsp3) is 0.462. The van der Waals surface area contributed by atoms with Gasteiger partial charge in [0.25, 0.3) is 0 Å². The van der Waals surface area contributed by atoms with E-state index in [0.29, 0.717) is 5.69 Å². The Hall–Kier alpha value is -1.58. The number of rotatable bonds is 6. The third kappa shape index (κ3) is 3.44. The first kappa shape index (κ1) is 13.5. The van der Waals surface area contributed by atoms with Crippen LogP contribution in [0.15, 0.2) is 18.2 Å². The van der Waals surface area contributed by atoms with E-state index >= 15 is 0 Å². The quantitative estimate of drug-likeness (QED) is 0.829. The molecule has 0 fully saturated rings. The van der Waals surface area contributed by atoms with E-state index in [0.717, 1.165) is 25.9 Å². The monoisotopic (exact) mass is 239 g/mol. The lowest BCUT2D eigenvalue weighted by Gasteiger charge is -2.25. The van der Waals surface area contributed by atoms with Crippen LogP contribution in [0.1, 0.15) is 37.0 Å². The lowest BCUT2D eigenvalue weighted by molar-refractivity contribution is 0.0697. The maximum absolute atomic E-state index is 13.2. The average Bonchev–Trinajstić information content (AvgIpc) is 2.28. The number of anilines is 1. The Bertz CT molecular complexity index is 387. The van der Waals surface area contributed by atoms with Gasteiger partial charge in [-0.15, -0.1) is 0 Å². The van der Waals surface area contributed by atoms with Crippen LogP contribution in [0.25, 0.3) is 0 Å². The Kier molecular flexibility index (Phi) is 4.94. The minimum Gasteiger partial charge on any atom is -0.478 e. The molecule has 1 aromatic rings. The first-order valence-corrected chi connectivity index (χ1v) is 5.88. The summed E-state index contributed by atoms with van der Waals surface area (Å²) in [5.41, 5.74) is 0.634. The van der Waals surface area contributed by atoms with E-state index in [1.165, 1.54) is 18.2 Å². The van der Waals surface area contributed by atoms with Gasteiger partial charge in [-0.25, -0.2) is 9.18 Å². The van der Waals surface area contributed by atoms with E-state index in [4.69, 9.17) is 5.11 Å². The number of carbonyl (C=O) groups is 1. The normalized spacial score (nSPS) is 10.3. The number of hydrogen-bond acceptors (Lipinski definition) is 2. The molecule has 1 aromatic carbocycles. The fourth-order valence-electron chi connectivity index (χ4n) is 1.84. The zero-order valence-corrected chi connectivity index (χ0v) is 10.2. The Morgan fingerprint density at radius 2 is 1.88 bits per heavy atom. The van der Waals surface area contributed by atoms with E-state index in [2.05, 4.69) is 0 Å². The number of hydrogen-bond donors (Lipinski definition) is 1. The molecule has 94 valence electrons. The SMILES string of the molecule is CCCN(CCC)c1cc(F)ccc1C(=O)O. The number of aromatic carboxylic acids is 1. The first-order chi connectivity index (χ1) is 8.10. The number of carboxylic acid groups (broad SMARTS) is 1. The van der Waals surface area contributed by atoms with Crippen molar-refractivity contribution in [3.05, 3.63) is 29.6 Å². The van der Waals surface area contributed by atoms with Crippen molar-refractivity contribution in [2.45, 2.75) is 26.7 Å². The third-order valence-corrected chi connectivity index (χ3v) is 2.52. The van der Waals surface area contributed by atoms with Crippen LogP contribution in [0.5, 0.6) is 0 Å². The maximum atomic E-state index is 13.2. The molecule has 1 N–H and O–H groups in total. The van der Waals surface area contributed by atoms with E-state index < -0.39 is 11.8 Å². The van der Waals surface area contributed by atoms with E-state index in [1.807, 2.05) is 18.7 Å². The molecule has 0 saturated heterocycles. The van der Waals surface area contributed by atoms with Crippen molar-refractivity contribution in [2.24, 2.45) is 0 Å². The van der Waals surface area contributed by atoms with Crippen LogP contribution in [0.4, 0.5) is 10.1 Å². The zero-order chi connectivity index (χ0) is 12.8. The largest absolute Gasteiger partial charge is 0.478 e. The van der Waals surface area contributed by atoms with Gasteiger partial charge in [-0.1, -0.05) is 13.8 Å². The highest BCUT2D eigenvalue weighted by Crippen LogP contribution is 2.22. The first-order valence-electron chi connectivity index (χ1n) is 5.88. The Morgan fingerprint density at radius 3 is 2.35 bits per heavy atom. The second-order valence-corrected chi connectivity index (χ2v) is 3.95. The molecule has 0 atom stereocenters. The molecule has 4 heteroatoms. The number of benzene rings is 1. The summed E-state index contributed by atoms with van der Waals surface area (Å²) in [4.78, 5) is 13.0. The minimum atomic E-state index is -1.02. The molecule has 0 aromatic heterocycles. The maximum Gasteiger partial charge on any atom is 0.337 e. The molecule has 0 aliphatic carbocycles. The Balaban J connectivity index is 3.14. The highest BCUT2D eigenvalue weighted by atomic mass is 19.1. The highest BCUT2D eigenvalue weighted by molar-refractivity contribution is 5.94.